The Morgan fingerprint density at radius 1 is 1.24 bits per heavy atom. The van der Waals surface area contributed by atoms with Gasteiger partial charge in [-0.25, -0.2) is 4.99 Å². The highest BCUT2D eigenvalue weighted by Gasteiger charge is 2.21. The predicted molar refractivity (Wildman–Crippen MR) is 79.9 cm³/mol. The monoisotopic (exact) mass is 279 g/mol. The summed E-state index contributed by atoms with van der Waals surface area (Å²) in [5.41, 5.74) is 2.00. The maximum Gasteiger partial charge on any atom is 0.275 e. The van der Waals surface area contributed by atoms with Crippen molar-refractivity contribution in [1.29, 1.82) is 0 Å². The lowest BCUT2D eigenvalue weighted by molar-refractivity contribution is -0.115. The van der Waals surface area contributed by atoms with Gasteiger partial charge in [-0.2, -0.15) is 0 Å². The number of aliphatic imine (C=N–C) groups is 1. The van der Waals surface area contributed by atoms with E-state index in [1.807, 2.05) is 36.4 Å². The highest BCUT2D eigenvalue weighted by Crippen LogP contribution is 2.17. The maximum atomic E-state index is 12.0. The number of carbonyl (C=O) groups excluding carboxylic acids is 1. The van der Waals surface area contributed by atoms with E-state index in [2.05, 4.69) is 15.3 Å². The fourth-order valence-corrected chi connectivity index (χ4v) is 1.99. The highest BCUT2D eigenvalue weighted by molar-refractivity contribution is 6.19. The zero-order valence-corrected chi connectivity index (χ0v) is 11.4. The van der Waals surface area contributed by atoms with Gasteiger partial charge in [-0.3, -0.25) is 9.78 Å². The molecular weight excluding hydrogens is 266 g/mol. The molecule has 21 heavy (non-hydrogen) atoms. The van der Waals surface area contributed by atoms with Gasteiger partial charge in [-0.05, 0) is 29.8 Å². The van der Waals surface area contributed by atoms with Crippen LogP contribution >= 0.6 is 0 Å². The van der Waals surface area contributed by atoms with Crippen molar-refractivity contribution in [1.82, 2.24) is 10.3 Å². The van der Waals surface area contributed by atoms with E-state index < -0.39 is 0 Å². The summed E-state index contributed by atoms with van der Waals surface area (Å²) in [7, 11) is 1.60. The van der Waals surface area contributed by atoms with Crippen molar-refractivity contribution in [2.45, 2.75) is 0 Å². The van der Waals surface area contributed by atoms with Gasteiger partial charge in [0.15, 0.2) is 0 Å². The second-order valence-electron chi connectivity index (χ2n) is 4.46. The third-order valence-electron chi connectivity index (χ3n) is 3.03. The molecule has 5 heteroatoms. The molecule has 0 aliphatic carbocycles. The number of rotatable bonds is 3. The van der Waals surface area contributed by atoms with E-state index in [1.165, 1.54) is 0 Å². The van der Waals surface area contributed by atoms with E-state index in [0.717, 1.165) is 11.1 Å². The number of benzene rings is 1. The van der Waals surface area contributed by atoms with Crippen molar-refractivity contribution < 1.29 is 9.53 Å². The van der Waals surface area contributed by atoms with Crippen LogP contribution in [-0.4, -0.2) is 23.8 Å². The van der Waals surface area contributed by atoms with Crippen molar-refractivity contribution in [3.05, 3.63) is 65.6 Å². The van der Waals surface area contributed by atoms with Gasteiger partial charge in [-0.1, -0.05) is 18.2 Å². The molecule has 0 saturated carbocycles. The summed E-state index contributed by atoms with van der Waals surface area (Å²) < 4.78 is 5.17. The first-order valence-corrected chi connectivity index (χ1v) is 6.42. The maximum absolute atomic E-state index is 12.0. The third kappa shape index (κ3) is 2.81. The molecule has 0 radical (unpaired) electrons. The van der Waals surface area contributed by atoms with Gasteiger partial charge in [0.2, 0.25) is 0 Å². The zero-order valence-electron chi connectivity index (χ0n) is 11.4. The molecule has 5 nitrogen and oxygen atoms in total. The molecule has 1 aromatic heterocycles. The van der Waals surface area contributed by atoms with E-state index >= 15 is 0 Å². The summed E-state index contributed by atoms with van der Waals surface area (Å²) >= 11 is 0. The van der Waals surface area contributed by atoms with Crippen LogP contribution in [0.1, 0.15) is 11.1 Å². The summed E-state index contributed by atoms with van der Waals surface area (Å²) in [5, 5.41) is 2.76. The number of pyridine rings is 1. The molecule has 0 fully saturated rings. The molecule has 3 rings (SSSR count). The number of aromatic nitrogens is 1. The fraction of sp³-hybridized carbons (Fsp3) is 0.0625. The summed E-state index contributed by atoms with van der Waals surface area (Å²) in [6.07, 6.45) is 5.07. The minimum atomic E-state index is -0.225. The van der Waals surface area contributed by atoms with E-state index in [-0.39, 0.29) is 5.91 Å². The molecule has 104 valence electrons. The van der Waals surface area contributed by atoms with Crippen LogP contribution in [0.3, 0.4) is 0 Å². The smallest absolute Gasteiger partial charge is 0.275 e. The molecule has 0 spiro atoms. The van der Waals surface area contributed by atoms with E-state index in [1.54, 1.807) is 25.6 Å². The summed E-state index contributed by atoms with van der Waals surface area (Å²) in [6.45, 7) is 0. The van der Waals surface area contributed by atoms with Gasteiger partial charge >= 0.3 is 0 Å². The second kappa shape index (κ2) is 5.58. The van der Waals surface area contributed by atoms with Crippen LogP contribution in [0.5, 0.6) is 5.75 Å². The van der Waals surface area contributed by atoms with Crippen molar-refractivity contribution in [2.24, 2.45) is 4.99 Å². The number of amidine groups is 1. The Labute approximate surface area is 122 Å². The standard InChI is InChI=1S/C16H13N3O2/c1-21-13-6-2-5-12(9-13)15-18-14(16(20)19-15)8-11-4-3-7-17-10-11/h2-10H,1H3,(H,18,19,20)/b14-8+. The number of ether oxygens (including phenoxy) is 1. The molecule has 1 aliphatic rings. The van der Waals surface area contributed by atoms with Crippen LogP contribution in [-0.2, 0) is 4.79 Å². The molecule has 2 aromatic rings. The molecule has 1 amide bonds. The van der Waals surface area contributed by atoms with Gasteiger partial charge in [0.25, 0.3) is 5.91 Å². The predicted octanol–water partition coefficient (Wildman–Crippen LogP) is 2.01. The van der Waals surface area contributed by atoms with E-state index in [9.17, 15) is 4.79 Å². The summed E-state index contributed by atoms with van der Waals surface area (Å²) in [4.78, 5) is 20.3. The Bertz CT molecular complexity index is 736. The number of carbonyl (C=O) groups is 1. The van der Waals surface area contributed by atoms with Gasteiger partial charge in [0.1, 0.15) is 17.3 Å². The van der Waals surface area contributed by atoms with Crippen LogP contribution in [0.4, 0.5) is 0 Å². The second-order valence-corrected chi connectivity index (χ2v) is 4.46. The van der Waals surface area contributed by atoms with Gasteiger partial charge < -0.3 is 10.1 Å². The average molecular weight is 279 g/mol. The fourth-order valence-electron chi connectivity index (χ4n) is 1.99. The number of methoxy groups -OCH3 is 1. The lowest BCUT2D eigenvalue weighted by Crippen LogP contribution is -2.24. The number of nitrogens with one attached hydrogen (secondary N) is 1. The molecule has 2 heterocycles. The molecule has 0 saturated heterocycles. The topological polar surface area (TPSA) is 63.6 Å². The largest absolute Gasteiger partial charge is 0.497 e. The van der Waals surface area contributed by atoms with Gasteiger partial charge in [0, 0.05) is 18.0 Å². The first-order chi connectivity index (χ1) is 10.3. The van der Waals surface area contributed by atoms with Crippen molar-refractivity contribution in [3.63, 3.8) is 0 Å². The van der Waals surface area contributed by atoms with Crippen LogP contribution in [0, 0.1) is 0 Å². The first kappa shape index (κ1) is 13.1. The SMILES string of the molecule is COc1cccc(C2=N/C(=C/c3cccnc3)C(=O)N2)c1. The quantitative estimate of drug-likeness (QED) is 0.874. The van der Waals surface area contributed by atoms with Crippen molar-refractivity contribution in [2.75, 3.05) is 7.11 Å². The Kier molecular flexibility index (Phi) is 3.47. The lowest BCUT2D eigenvalue weighted by atomic mass is 10.2. The van der Waals surface area contributed by atoms with Crippen molar-refractivity contribution >= 4 is 17.8 Å². The molecule has 1 aromatic carbocycles. The number of nitrogens with zero attached hydrogens (tertiary/aromatic N) is 2. The molecule has 0 bridgehead atoms. The van der Waals surface area contributed by atoms with Crippen LogP contribution in [0.2, 0.25) is 0 Å². The summed E-state index contributed by atoms with van der Waals surface area (Å²) in [6, 6.07) is 11.1. The van der Waals surface area contributed by atoms with Crippen molar-refractivity contribution in [3.8, 4) is 5.75 Å². The third-order valence-corrected chi connectivity index (χ3v) is 3.03. The van der Waals surface area contributed by atoms with Gasteiger partial charge in [0.05, 0.1) is 7.11 Å². The average Bonchev–Trinajstić information content (AvgIpc) is 2.89. The Balaban J connectivity index is 1.93. The molecule has 0 unspecified atom stereocenters. The highest BCUT2D eigenvalue weighted by atomic mass is 16.5. The minimum Gasteiger partial charge on any atom is -0.497 e. The molecule has 1 N–H and O–H groups in total. The van der Waals surface area contributed by atoms with Crippen LogP contribution in [0.25, 0.3) is 6.08 Å². The van der Waals surface area contributed by atoms with E-state index in [0.29, 0.717) is 17.3 Å². The molecule has 1 aliphatic heterocycles. The Morgan fingerprint density at radius 2 is 2.14 bits per heavy atom. The summed E-state index contributed by atoms with van der Waals surface area (Å²) in [5.74, 6) is 1.01. The Hall–Kier alpha value is -2.95. The Morgan fingerprint density at radius 3 is 2.90 bits per heavy atom. The number of hydrogen-bond acceptors (Lipinski definition) is 4. The minimum absolute atomic E-state index is 0.225. The lowest BCUT2D eigenvalue weighted by Gasteiger charge is -2.03. The number of amides is 1. The first-order valence-electron chi connectivity index (χ1n) is 6.42. The normalized spacial score (nSPS) is 15.8. The zero-order chi connectivity index (χ0) is 14.7. The van der Waals surface area contributed by atoms with E-state index in [4.69, 9.17) is 4.74 Å². The van der Waals surface area contributed by atoms with Crippen LogP contribution in [0.15, 0.2) is 59.5 Å². The number of hydrogen-bond donors (Lipinski definition) is 1. The molecular formula is C16H13N3O2. The van der Waals surface area contributed by atoms with Gasteiger partial charge in [-0.15, -0.1) is 0 Å². The molecule has 0 atom stereocenters. The van der Waals surface area contributed by atoms with Crippen LogP contribution < -0.4 is 10.1 Å².